The molecule has 2 aliphatic heterocycles. The minimum atomic E-state index is -3.97. The molecule has 1 aromatic rings. The molecule has 12 heteroatoms. The first kappa shape index (κ1) is 22.9. The Hall–Kier alpha value is -1.79. The number of methoxy groups -OCH3 is 1. The second kappa shape index (κ2) is 7.41. The first-order valence-electron chi connectivity index (χ1n) is 9.60. The van der Waals surface area contributed by atoms with E-state index < -0.39 is 36.7 Å². The first-order valence-corrected chi connectivity index (χ1v) is 12.1. The quantitative estimate of drug-likeness (QED) is 0.581. The van der Waals surface area contributed by atoms with Crippen molar-refractivity contribution < 1.29 is 22.7 Å². The van der Waals surface area contributed by atoms with Crippen LogP contribution in [0.2, 0.25) is 0 Å². The van der Waals surface area contributed by atoms with Crippen LogP contribution in [-0.2, 0) is 31.2 Å². The summed E-state index contributed by atoms with van der Waals surface area (Å²) in [6.45, 7) is 8.65. The van der Waals surface area contributed by atoms with Crippen LogP contribution in [0.25, 0.3) is 0 Å². The Morgan fingerprint density at radius 1 is 1.33 bits per heavy atom. The number of fused-ring (bicyclic) bond motifs is 1. The fourth-order valence-corrected chi connectivity index (χ4v) is 8.00. The van der Waals surface area contributed by atoms with E-state index in [1.807, 2.05) is 6.92 Å². The highest BCUT2D eigenvalue weighted by Crippen LogP contribution is 2.52. The predicted octanol–water partition coefficient (Wildman–Crippen LogP) is 1.30. The van der Waals surface area contributed by atoms with Gasteiger partial charge < -0.3 is 4.74 Å². The van der Waals surface area contributed by atoms with E-state index >= 15 is 0 Å². The van der Waals surface area contributed by atoms with Gasteiger partial charge in [-0.05, 0) is 29.3 Å². The summed E-state index contributed by atoms with van der Waals surface area (Å²) < 4.78 is 33.2. The number of amides is 1. The molecule has 30 heavy (non-hydrogen) atoms. The lowest BCUT2D eigenvalue weighted by molar-refractivity contribution is -0.185. The van der Waals surface area contributed by atoms with Gasteiger partial charge in [0.25, 0.3) is 5.91 Å². The van der Waals surface area contributed by atoms with Gasteiger partial charge in [0, 0.05) is 19.6 Å². The van der Waals surface area contributed by atoms with Gasteiger partial charge in [-0.1, -0.05) is 45.9 Å². The molecule has 0 aromatic carbocycles. The number of β-lactam (4-membered cyclic amide) rings is 1. The number of thioether (sulfide) groups is 1. The van der Waals surface area contributed by atoms with Crippen molar-refractivity contribution in [1.82, 2.24) is 25.1 Å². The highest BCUT2D eigenvalue weighted by atomic mass is 32.3. The fraction of sp³-hybridized carbons (Fsp3) is 0.722. The lowest BCUT2D eigenvalue weighted by Crippen LogP contribution is -2.79. The van der Waals surface area contributed by atoms with E-state index in [4.69, 9.17) is 4.74 Å². The van der Waals surface area contributed by atoms with E-state index in [1.165, 1.54) is 11.8 Å². The number of hydrogen-bond donors (Lipinski definition) is 0. The summed E-state index contributed by atoms with van der Waals surface area (Å²) in [6.07, 6.45) is 0.789. The van der Waals surface area contributed by atoms with Gasteiger partial charge >= 0.3 is 0 Å². The minimum Gasteiger partial charge on any atom is -0.365 e. The van der Waals surface area contributed by atoms with Crippen LogP contribution >= 0.6 is 11.8 Å². The Morgan fingerprint density at radius 3 is 2.43 bits per heavy atom. The number of rotatable bonds is 6. The topological polar surface area (TPSA) is 124 Å². The van der Waals surface area contributed by atoms with Gasteiger partial charge in [0.15, 0.2) is 26.6 Å². The van der Waals surface area contributed by atoms with Gasteiger partial charge in [-0.15, -0.1) is 5.10 Å². The normalized spacial score (nSPS) is 28.4. The molecule has 1 fully saturated rings. The minimum absolute atomic E-state index is 0.128. The van der Waals surface area contributed by atoms with Crippen LogP contribution in [0.4, 0.5) is 0 Å². The number of nitrogens with zero attached hydrogens (tertiary/aromatic N) is 5. The van der Waals surface area contributed by atoms with Crippen molar-refractivity contribution in [3.05, 3.63) is 11.3 Å². The van der Waals surface area contributed by atoms with E-state index in [2.05, 4.69) is 15.5 Å². The number of aryl methyl sites for hydroxylation is 1. The largest absolute Gasteiger partial charge is 0.365 e. The van der Waals surface area contributed by atoms with Crippen LogP contribution in [-0.4, -0.2) is 67.9 Å². The van der Waals surface area contributed by atoms with Gasteiger partial charge in [-0.3, -0.25) is 14.5 Å². The van der Waals surface area contributed by atoms with Crippen molar-refractivity contribution in [3.8, 4) is 0 Å². The maximum Gasteiger partial charge on any atom is 0.263 e. The molecule has 3 atom stereocenters. The average molecular weight is 458 g/mol. The Bertz CT molecular complexity index is 1030. The number of carbonyl (C=O) groups is 2. The van der Waals surface area contributed by atoms with Crippen LogP contribution in [0.3, 0.4) is 0 Å². The number of ketones is 1. The van der Waals surface area contributed by atoms with Crippen molar-refractivity contribution in [2.24, 2.45) is 12.5 Å². The zero-order chi connectivity index (χ0) is 22.6. The molecule has 1 amide bonds. The third-order valence-electron chi connectivity index (χ3n) is 5.47. The predicted molar refractivity (Wildman–Crippen MR) is 110 cm³/mol. The lowest BCUT2D eigenvalue weighted by atomic mass is 9.81. The molecule has 0 N–H and O–H groups in total. The standard InChI is InChI=1S/C18H27N5O5S2/c1-8-9-18(28-7)14(25)23-11(12(24)17(3,4)5)10(2)13(30(26,27)15(18)23)29-16-19-20-21-22(16)6/h13,15H,8-9H2,1-7H3/t13?,15-,18+/m0/s1. The Balaban J connectivity index is 2.23. The van der Waals surface area contributed by atoms with Gasteiger partial charge in [0.05, 0.1) is 5.70 Å². The van der Waals surface area contributed by atoms with Crippen molar-refractivity contribution in [1.29, 1.82) is 0 Å². The summed E-state index contributed by atoms with van der Waals surface area (Å²) in [5.74, 6) is -0.785. The monoisotopic (exact) mass is 457 g/mol. The average Bonchev–Trinajstić information content (AvgIpc) is 3.06. The fourth-order valence-electron chi connectivity index (χ4n) is 3.96. The number of Topliss-reactive ketones (excluding diaryl/α,β-unsaturated/α-hetero) is 1. The molecule has 1 unspecified atom stereocenters. The zero-order valence-electron chi connectivity index (χ0n) is 18.2. The Kier molecular flexibility index (Phi) is 5.66. The molecule has 1 aromatic heterocycles. The van der Waals surface area contributed by atoms with E-state index in [9.17, 15) is 18.0 Å². The molecule has 0 saturated carbocycles. The number of hydrogen-bond acceptors (Lipinski definition) is 9. The summed E-state index contributed by atoms with van der Waals surface area (Å²) in [7, 11) is -1.03. The number of carbonyl (C=O) groups excluding carboxylic acids is 2. The second-order valence-electron chi connectivity index (χ2n) is 8.61. The molecule has 3 rings (SSSR count). The van der Waals surface area contributed by atoms with Gasteiger partial charge in [-0.25, -0.2) is 13.1 Å². The summed E-state index contributed by atoms with van der Waals surface area (Å²) >= 11 is 0.950. The number of allylic oxidation sites excluding steroid dienone is 1. The van der Waals surface area contributed by atoms with Gasteiger partial charge in [0.1, 0.15) is 4.58 Å². The van der Waals surface area contributed by atoms with Crippen LogP contribution in [0.1, 0.15) is 47.5 Å². The molecule has 166 valence electrons. The van der Waals surface area contributed by atoms with Gasteiger partial charge in [0.2, 0.25) is 5.16 Å². The highest BCUT2D eigenvalue weighted by molar-refractivity contribution is 8.14. The molecule has 2 aliphatic rings. The van der Waals surface area contributed by atoms with Gasteiger partial charge in [-0.2, -0.15) is 0 Å². The summed E-state index contributed by atoms with van der Waals surface area (Å²) in [5, 5.41) is 10.2. The van der Waals surface area contributed by atoms with E-state index in [-0.39, 0.29) is 17.9 Å². The lowest BCUT2D eigenvalue weighted by Gasteiger charge is -2.57. The number of tetrazole rings is 1. The molecule has 10 nitrogen and oxygen atoms in total. The van der Waals surface area contributed by atoms with Crippen molar-refractivity contribution in [3.63, 3.8) is 0 Å². The highest BCUT2D eigenvalue weighted by Gasteiger charge is 2.71. The Labute approximate surface area is 180 Å². The molecular formula is C18H27N5O5S2. The smallest absolute Gasteiger partial charge is 0.263 e. The first-order chi connectivity index (χ1) is 13.8. The van der Waals surface area contributed by atoms with Crippen molar-refractivity contribution >= 4 is 33.3 Å². The van der Waals surface area contributed by atoms with E-state index in [0.29, 0.717) is 17.2 Å². The Morgan fingerprint density at radius 2 is 1.97 bits per heavy atom. The third-order valence-corrected chi connectivity index (χ3v) is 9.85. The molecule has 1 saturated heterocycles. The zero-order valence-corrected chi connectivity index (χ0v) is 19.8. The van der Waals surface area contributed by atoms with E-state index in [0.717, 1.165) is 16.7 Å². The van der Waals surface area contributed by atoms with Crippen LogP contribution in [0.15, 0.2) is 16.4 Å². The number of aromatic nitrogens is 4. The maximum absolute atomic E-state index is 13.7. The van der Waals surface area contributed by atoms with Crippen molar-refractivity contribution in [2.45, 2.75) is 68.2 Å². The molecule has 0 bridgehead atoms. The van der Waals surface area contributed by atoms with Crippen LogP contribution in [0.5, 0.6) is 0 Å². The summed E-state index contributed by atoms with van der Waals surface area (Å²) in [4.78, 5) is 27.6. The molecule has 0 spiro atoms. The number of ether oxygens (including phenoxy) is 1. The summed E-state index contributed by atoms with van der Waals surface area (Å²) in [5.41, 5.74) is -1.88. The number of sulfone groups is 1. The second-order valence-corrected chi connectivity index (χ2v) is 12.1. The van der Waals surface area contributed by atoms with E-state index in [1.54, 1.807) is 34.7 Å². The van der Waals surface area contributed by atoms with Crippen molar-refractivity contribution in [2.75, 3.05) is 7.11 Å². The SMILES string of the molecule is CCC[C@@]1(OC)C(=O)N2C(C(=O)C(C)(C)C)=C(C)C(Sc3nnnn3C)S(=O)(=O)[C@H]21. The maximum atomic E-state index is 13.7. The third kappa shape index (κ3) is 3.11. The summed E-state index contributed by atoms with van der Waals surface area (Å²) in [6, 6.07) is 0. The molecular weight excluding hydrogens is 430 g/mol. The van der Waals surface area contributed by atoms with Crippen LogP contribution in [0, 0.1) is 5.41 Å². The molecule has 3 heterocycles. The molecule has 0 radical (unpaired) electrons. The molecule has 0 aliphatic carbocycles. The van der Waals surface area contributed by atoms with Crippen LogP contribution < -0.4 is 0 Å².